The van der Waals surface area contributed by atoms with Gasteiger partial charge in [-0.2, -0.15) is 0 Å². The van der Waals surface area contributed by atoms with Crippen LogP contribution in [-0.4, -0.2) is 9.97 Å². The van der Waals surface area contributed by atoms with Gasteiger partial charge in [0.2, 0.25) is 5.89 Å². The van der Waals surface area contributed by atoms with Crippen LogP contribution in [0.4, 0.5) is 38.5 Å². The lowest BCUT2D eigenvalue weighted by Gasteiger charge is -2.26. The highest BCUT2D eigenvalue weighted by Crippen LogP contribution is 2.48. The van der Waals surface area contributed by atoms with Crippen LogP contribution >= 0.6 is 11.3 Å². The van der Waals surface area contributed by atoms with E-state index in [0.717, 1.165) is 71.3 Å². The van der Waals surface area contributed by atoms with Crippen molar-refractivity contribution in [2.75, 3.05) is 9.80 Å². The van der Waals surface area contributed by atoms with Gasteiger partial charge in [-0.25, -0.2) is 14.4 Å². The number of furan rings is 1. The van der Waals surface area contributed by atoms with E-state index in [4.69, 9.17) is 18.8 Å². The second-order valence-electron chi connectivity index (χ2n) is 14.0. The Morgan fingerprint density at radius 1 is 0.466 bits per heavy atom. The third-order valence-corrected chi connectivity index (χ3v) is 11.4. The topological polar surface area (TPSA) is 58.5 Å². The second-order valence-corrected chi connectivity index (χ2v) is 15.0. The van der Waals surface area contributed by atoms with Gasteiger partial charge in [-0.1, -0.05) is 66.7 Å². The maximum Gasteiger partial charge on any atom is 0.227 e. The molecule has 0 bridgehead atoms. The van der Waals surface area contributed by atoms with Crippen molar-refractivity contribution in [1.82, 2.24) is 9.97 Å². The molecular weight excluding hydrogens is 740 g/mol. The van der Waals surface area contributed by atoms with E-state index < -0.39 is 0 Å². The monoisotopic (exact) mass is 770 g/mol. The molecule has 3 heterocycles. The average Bonchev–Trinajstić information content (AvgIpc) is 4.01. The smallest absolute Gasteiger partial charge is 0.227 e. The number of oxazole rings is 1. The molecule has 6 nitrogen and oxygen atoms in total. The molecule has 276 valence electrons. The van der Waals surface area contributed by atoms with E-state index in [2.05, 4.69) is 70.5 Å². The van der Waals surface area contributed by atoms with E-state index in [1.165, 1.54) is 0 Å². The van der Waals surface area contributed by atoms with E-state index in [1.54, 1.807) is 23.5 Å². The lowest BCUT2D eigenvalue weighted by atomic mass is 10.1. The Morgan fingerprint density at radius 3 is 1.74 bits per heavy atom. The number of para-hydroxylation sites is 5. The number of rotatable bonds is 8. The lowest BCUT2D eigenvalue weighted by Crippen LogP contribution is -2.11. The molecule has 3 aromatic heterocycles. The van der Waals surface area contributed by atoms with Crippen molar-refractivity contribution < 1.29 is 13.2 Å². The zero-order valence-corrected chi connectivity index (χ0v) is 31.6. The van der Waals surface area contributed by atoms with Crippen molar-refractivity contribution in [3.8, 4) is 22.0 Å². The van der Waals surface area contributed by atoms with Crippen molar-refractivity contribution in [2.24, 2.45) is 0 Å². The molecule has 0 aliphatic rings. The van der Waals surface area contributed by atoms with Crippen LogP contribution in [0.25, 0.3) is 65.3 Å². The van der Waals surface area contributed by atoms with Crippen LogP contribution in [0.15, 0.2) is 197 Å². The van der Waals surface area contributed by atoms with Gasteiger partial charge in [0.1, 0.15) is 21.9 Å². The number of hydrogen-bond acceptors (Lipinski definition) is 7. The molecule has 8 aromatic carbocycles. The Kier molecular flexibility index (Phi) is 8.08. The predicted octanol–water partition coefficient (Wildman–Crippen LogP) is 14.7. The minimum Gasteiger partial charge on any atom is -0.454 e. The number of benzene rings is 8. The minimum absolute atomic E-state index is 0.374. The third kappa shape index (κ3) is 5.86. The first-order chi connectivity index (χ1) is 28.6. The molecule has 0 saturated carbocycles. The summed E-state index contributed by atoms with van der Waals surface area (Å²) in [7, 11) is 0. The summed E-state index contributed by atoms with van der Waals surface area (Å²) < 4.78 is 30.3. The van der Waals surface area contributed by atoms with Crippen LogP contribution in [-0.2, 0) is 0 Å². The highest BCUT2D eigenvalue weighted by molar-refractivity contribution is 7.21. The predicted molar refractivity (Wildman–Crippen MR) is 235 cm³/mol. The molecule has 0 amide bonds. The summed E-state index contributed by atoms with van der Waals surface area (Å²) in [5.74, 6) is 0.181. The largest absolute Gasteiger partial charge is 0.454 e. The van der Waals surface area contributed by atoms with Gasteiger partial charge in [0, 0.05) is 45.3 Å². The molecule has 0 N–H and O–H groups in total. The van der Waals surface area contributed by atoms with Gasteiger partial charge in [-0.15, -0.1) is 11.3 Å². The molecule has 0 saturated heterocycles. The van der Waals surface area contributed by atoms with Crippen LogP contribution < -0.4 is 9.80 Å². The normalized spacial score (nSPS) is 11.5. The average molecular weight is 771 g/mol. The summed E-state index contributed by atoms with van der Waals surface area (Å²) in [5.41, 5.74) is 10.6. The van der Waals surface area contributed by atoms with E-state index in [-0.39, 0.29) is 5.82 Å². The van der Waals surface area contributed by atoms with Gasteiger partial charge in [0.15, 0.2) is 11.2 Å². The highest BCUT2D eigenvalue weighted by atomic mass is 32.1. The Balaban J connectivity index is 1.05. The van der Waals surface area contributed by atoms with Crippen LogP contribution in [0, 0.1) is 5.82 Å². The SMILES string of the molecule is Fc1cc(N(c2ccccc2)c2ccc(-c3nc4ccccc4s3)cc2)c2oc3cccc(N(c4ccccc4)c4ccc(-c5nc6ccccc6o5)cc4)c3c2c1. The van der Waals surface area contributed by atoms with E-state index in [0.29, 0.717) is 28.1 Å². The molecular formula is C50H31FN4O2S. The standard InChI is InChI=1S/C50H31FN4O2S/c51-34-30-39-47-42(54(35-12-3-1-4-13-35)37-26-22-32(23-27-37)49-52-40-16-7-9-19-44(40)57-49)18-11-20-45(47)56-48(39)43(31-34)55(36-14-5-2-6-15-36)38-28-24-33(25-29-38)50-53-41-17-8-10-21-46(41)58-50/h1-31H. The van der Waals surface area contributed by atoms with Gasteiger partial charge in [-0.3, -0.25) is 0 Å². The maximum atomic E-state index is 16.2. The fraction of sp³-hybridized carbons (Fsp3) is 0. The number of halogens is 1. The second kappa shape index (κ2) is 13.9. The van der Waals surface area contributed by atoms with Gasteiger partial charge in [0.25, 0.3) is 0 Å². The molecule has 0 aliphatic carbocycles. The van der Waals surface area contributed by atoms with E-state index in [1.807, 2.05) is 115 Å². The van der Waals surface area contributed by atoms with Crippen molar-refractivity contribution in [3.63, 3.8) is 0 Å². The summed E-state index contributed by atoms with van der Waals surface area (Å²) in [4.78, 5) is 13.8. The van der Waals surface area contributed by atoms with Crippen molar-refractivity contribution in [2.45, 2.75) is 0 Å². The number of aromatic nitrogens is 2. The zero-order valence-electron chi connectivity index (χ0n) is 30.8. The summed E-state index contributed by atoms with van der Waals surface area (Å²) in [6, 6.07) is 61.6. The van der Waals surface area contributed by atoms with Crippen LogP contribution in [0.3, 0.4) is 0 Å². The molecule has 8 heteroatoms. The van der Waals surface area contributed by atoms with Gasteiger partial charge in [-0.05, 0) is 115 Å². The third-order valence-electron chi connectivity index (χ3n) is 10.4. The van der Waals surface area contributed by atoms with Crippen molar-refractivity contribution in [1.29, 1.82) is 0 Å². The first-order valence-corrected chi connectivity index (χ1v) is 19.7. The molecule has 0 aliphatic heterocycles. The first kappa shape index (κ1) is 33.8. The van der Waals surface area contributed by atoms with E-state index >= 15 is 4.39 Å². The highest BCUT2D eigenvalue weighted by Gasteiger charge is 2.25. The molecule has 0 atom stereocenters. The number of thiazole rings is 1. The Labute approximate surface area is 336 Å². The number of hydrogen-bond donors (Lipinski definition) is 0. The van der Waals surface area contributed by atoms with Crippen LogP contribution in [0.5, 0.6) is 0 Å². The number of nitrogens with zero attached hydrogens (tertiary/aromatic N) is 4. The number of fused-ring (bicyclic) bond motifs is 5. The van der Waals surface area contributed by atoms with Crippen LogP contribution in [0.2, 0.25) is 0 Å². The quantitative estimate of drug-likeness (QED) is 0.153. The first-order valence-electron chi connectivity index (χ1n) is 18.9. The zero-order chi connectivity index (χ0) is 38.6. The van der Waals surface area contributed by atoms with E-state index in [9.17, 15) is 0 Å². The van der Waals surface area contributed by atoms with Gasteiger partial charge < -0.3 is 18.6 Å². The van der Waals surface area contributed by atoms with Gasteiger partial charge in [0.05, 0.1) is 27.0 Å². The summed E-state index contributed by atoms with van der Waals surface area (Å²) in [6.07, 6.45) is 0. The molecule has 0 radical (unpaired) electrons. The van der Waals surface area contributed by atoms with Crippen molar-refractivity contribution in [3.05, 3.63) is 194 Å². The lowest BCUT2D eigenvalue weighted by molar-refractivity contribution is 0.620. The summed E-state index contributed by atoms with van der Waals surface area (Å²) >= 11 is 1.66. The van der Waals surface area contributed by atoms with Crippen molar-refractivity contribution >= 4 is 88.7 Å². The molecule has 11 aromatic rings. The molecule has 0 fully saturated rings. The Hall–Kier alpha value is -7.55. The molecule has 0 spiro atoms. The maximum absolute atomic E-state index is 16.2. The minimum atomic E-state index is -0.374. The summed E-state index contributed by atoms with van der Waals surface area (Å²) in [6.45, 7) is 0. The Bertz CT molecular complexity index is 3180. The number of anilines is 6. The fourth-order valence-corrected chi connectivity index (χ4v) is 8.69. The fourth-order valence-electron chi connectivity index (χ4n) is 7.72. The Morgan fingerprint density at radius 2 is 1.05 bits per heavy atom. The summed E-state index contributed by atoms with van der Waals surface area (Å²) in [5, 5.41) is 2.40. The molecule has 0 unspecified atom stereocenters. The van der Waals surface area contributed by atoms with Gasteiger partial charge >= 0.3 is 0 Å². The molecule has 58 heavy (non-hydrogen) atoms. The van der Waals surface area contributed by atoms with Crippen LogP contribution in [0.1, 0.15) is 0 Å². The molecule has 11 rings (SSSR count).